The molecule has 1 aromatic carbocycles. The number of amides is 2. The normalized spacial score (nSPS) is 17.2. The van der Waals surface area contributed by atoms with E-state index in [1.807, 2.05) is 6.07 Å². The number of hydrogen-bond acceptors (Lipinski definition) is 4. The van der Waals surface area contributed by atoms with Crippen molar-refractivity contribution < 1.29 is 18.4 Å². The van der Waals surface area contributed by atoms with E-state index in [1.165, 1.54) is 0 Å². The van der Waals surface area contributed by atoms with Gasteiger partial charge in [-0.25, -0.2) is 13.8 Å². The van der Waals surface area contributed by atoms with Crippen LogP contribution >= 0.6 is 0 Å². The zero-order valence-electron chi connectivity index (χ0n) is 13.8. The minimum absolute atomic E-state index is 0.0145. The van der Waals surface area contributed by atoms with Crippen molar-refractivity contribution in [2.24, 2.45) is 5.73 Å². The fraction of sp³-hybridized carbons (Fsp3) is 0.278. The molecule has 6 nitrogen and oxygen atoms in total. The van der Waals surface area contributed by atoms with Crippen molar-refractivity contribution in [2.45, 2.75) is 31.3 Å². The molecule has 0 saturated carbocycles. The first kappa shape index (κ1) is 17.9. The predicted molar refractivity (Wildman–Crippen MR) is 91.2 cm³/mol. The van der Waals surface area contributed by atoms with Crippen LogP contribution in [0.4, 0.5) is 14.6 Å². The number of halogens is 2. The van der Waals surface area contributed by atoms with E-state index in [2.05, 4.69) is 15.6 Å². The summed E-state index contributed by atoms with van der Waals surface area (Å²) in [5.41, 5.74) is 6.82. The number of rotatable bonds is 5. The molecule has 1 unspecified atom stereocenters. The molecule has 4 N–H and O–H groups in total. The van der Waals surface area contributed by atoms with Crippen LogP contribution in [-0.2, 0) is 22.4 Å². The predicted octanol–water partition coefficient (Wildman–Crippen LogP) is 1.30. The summed E-state index contributed by atoms with van der Waals surface area (Å²) in [4.78, 5) is 28.3. The number of aromatic nitrogens is 1. The Bertz CT molecular complexity index is 844. The lowest BCUT2D eigenvalue weighted by Crippen LogP contribution is -2.49. The summed E-state index contributed by atoms with van der Waals surface area (Å²) in [5.74, 6) is -1.43. The first-order valence-electron chi connectivity index (χ1n) is 8.16. The number of carbonyl (C=O) groups excluding carboxylic acids is 2. The lowest BCUT2D eigenvalue weighted by atomic mass is 10.0. The van der Waals surface area contributed by atoms with Crippen LogP contribution < -0.4 is 16.4 Å². The molecular formula is C18H18F2N4O2. The van der Waals surface area contributed by atoms with Crippen LogP contribution in [0.15, 0.2) is 36.5 Å². The number of nitrogens with one attached hydrogen (secondary N) is 2. The maximum Gasteiger partial charge on any atom is 0.248 e. The van der Waals surface area contributed by atoms with Gasteiger partial charge in [0.05, 0.1) is 0 Å². The Morgan fingerprint density at radius 2 is 2.19 bits per heavy atom. The van der Waals surface area contributed by atoms with Gasteiger partial charge >= 0.3 is 0 Å². The second-order valence-electron chi connectivity index (χ2n) is 6.23. The summed E-state index contributed by atoms with van der Waals surface area (Å²) in [6.07, 6.45) is 1.80. The van der Waals surface area contributed by atoms with Crippen molar-refractivity contribution in [1.82, 2.24) is 10.3 Å². The van der Waals surface area contributed by atoms with Crippen LogP contribution in [0.2, 0.25) is 0 Å². The summed E-state index contributed by atoms with van der Waals surface area (Å²) in [7, 11) is 0. The molecule has 0 aliphatic carbocycles. The van der Waals surface area contributed by atoms with Gasteiger partial charge in [0.1, 0.15) is 23.5 Å². The molecule has 0 spiro atoms. The van der Waals surface area contributed by atoms with Crippen LogP contribution in [0.25, 0.3) is 0 Å². The van der Waals surface area contributed by atoms with Gasteiger partial charge in [-0.1, -0.05) is 6.07 Å². The number of nitrogens with two attached hydrogens (primary N) is 1. The van der Waals surface area contributed by atoms with Crippen molar-refractivity contribution in [3.05, 3.63) is 59.3 Å². The number of carbonyl (C=O) groups is 2. The molecule has 1 aromatic heterocycles. The monoisotopic (exact) mass is 360 g/mol. The highest BCUT2D eigenvalue weighted by molar-refractivity contribution is 5.99. The zero-order chi connectivity index (χ0) is 18.7. The van der Waals surface area contributed by atoms with Gasteiger partial charge in [0.25, 0.3) is 0 Å². The highest BCUT2D eigenvalue weighted by Gasteiger charge is 2.28. The summed E-state index contributed by atoms with van der Waals surface area (Å²) in [6, 6.07) is 5.24. The van der Waals surface area contributed by atoms with Crippen LogP contribution in [0, 0.1) is 11.6 Å². The molecule has 1 aliphatic rings. The van der Waals surface area contributed by atoms with E-state index >= 15 is 0 Å². The first-order valence-corrected chi connectivity index (χ1v) is 8.16. The summed E-state index contributed by atoms with van der Waals surface area (Å²) in [5, 5.41) is 5.26. The third kappa shape index (κ3) is 4.20. The Morgan fingerprint density at radius 3 is 3.00 bits per heavy atom. The highest BCUT2D eigenvalue weighted by Crippen LogP contribution is 2.19. The second-order valence-corrected chi connectivity index (χ2v) is 6.23. The van der Waals surface area contributed by atoms with Crippen molar-refractivity contribution in [3.63, 3.8) is 0 Å². The number of fused-ring (bicyclic) bond motifs is 1. The quantitative estimate of drug-likeness (QED) is 0.749. The molecule has 1 aliphatic heterocycles. The fourth-order valence-corrected chi connectivity index (χ4v) is 2.89. The minimum atomic E-state index is -0.725. The van der Waals surface area contributed by atoms with E-state index in [4.69, 9.17) is 5.73 Å². The van der Waals surface area contributed by atoms with Crippen molar-refractivity contribution in [1.29, 1.82) is 0 Å². The Balaban J connectivity index is 1.57. The van der Waals surface area contributed by atoms with Crippen molar-refractivity contribution in [3.8, 4) is 0 Å². The highest BCUT2D eigenvalue weighted by atomic mass is 19.1. The number of hydrogen-bond donors (Lipinski definition) is 3. The molecule has 2 atom stereocenters. The molecular weight excluding hydrogens is 342 g/mol. The number of nitrogens with zero attached hydrogens (tertiary/aromatic N) is 1. The van der Waals surface area contributed by atoms with Crippen LogP contribution in [0.5, 0.6) is 0 Å². The van der Waals surface area contributed by atoms with E-state index in [9.17, 15) is 18.4 Å². The van der Waals surface area contributed by atoms with Crippen LogP contribution in [-0.4, -0.2) is 28.9 Å². The van der Waals surface area contributed by atoms with Gasteiger partial charge in [0.2, 0.25) is 11.8 Å². The van der Waals surface area contributed by atoms with E-state index < -0.39 is 29.6 Å². The molecule has 3 rings (SSSR count). The average Bonchev–Trinajstić information content (AvgIpc) is 2.58. The topological polar surface area (TPSA) is 97.1 Å². The SMILES string of the molecule is NC(CC(=O)N[C@@H]1Cc2cccnc2NC1=O)Cc1cc(F)ccc1F. The van der Waals surface area contributed by atoms with E-state index in [0.29, 0.717) is 12.2 Å². The molecule has 136 valence electrons. The van der Waals surface area contributed by atoms with Gasteiger partial charge in [0, 0.05) is 25.1 Å². The lowest BCUT2D eigenvalue weighted by molar-refractivity contribution is -0.126. The maximum absolute atomic E-state index is 13.7. The average molecular weight is 360 g/mol. The van der Waals surface area contributed by atoms with Gasteiger partial charge in [-0.2, -0.15) is 0 Å². The lowest BCUT2D eigenvalue weighted by Gasteiger charge is -2.25. The van der Waals surface area contributed by atoms with E-state index in [-0.39, 0.29) is 24.3 Å². The summed E-state index contributed by atoms with van der Waals surface area (Å²) < 4.78 is 26.8. The molecule has 26 heavy (non-hydrogen) atoms. The fourth-order valence-electron chi connectivity index (χ4n) is 2.89. The van der Waals surface area contributed by atoms with Gasteiger partial charge in [-0.3, -0.25) is 9.59 Å². The smallest absolute Gasteiger partial charge is 0.248 e. The van der Waals surface area contributed by atoms with Crippen LogP contribution in [0.3, 0.4) is 0 Å². The van der Waals surface area contributed by atoms with Gasteiger partial charge < -0.3 is 16.4 Å². The van der Waals surface area contributed by atoms with Crippen molar-refractivity contribution >= 4 is 17.6 Å². The molecule has 2 amide bonds. The molecule has 2 aromatic rings. The Kier molecular flexibility index (Phi) is 5.22. The maximum atomic E-state index is 13.7. The Morgan fingerprint density at radius 1 is 1.38 bits per heavy atom. The second kappa shape index (κ2) is 7.57. The van der Waals surface area contributed by atoms with Gasteiger partial charge in [-0.05, 0) is 41.8 Å². The molecule has 8 heteroatoms. The molecule has 0 radical (unpaired) electrons. The third-order valence-corrected chi connectivity index (χ3v) is 4.15. The van der Waals surface area contributed by atoms with Crippen molar-refractivity contribution in [2.75, 3.05) is 5.32 Å². The number of pyridine rings is 1. The Labute approximate surface area is 148 Å². The molecule has 2 heterocycles. The summed E-state index contributed by atoms with van der Waals surface area (Å²) in [6.45, 7) is 0. The minimum Gasteiger partial charge on any atom is -0.344 e. The molecule has 0 fully saturated rings. The molecule has 0 bridgehead atoms. The third-order valence-electron chi connectivity index (χ3n) is 4.15. The first-order chi connectivity index (χ1) is 12.4. The Hall–Kier alpha value is -2.87. The zero-order valence-corrected chi connectivity index (χ0v) is 13.8. The summed E-state index contributed by atoms with van der Waals surface area (Å²) >= 11 is 0. The number of anilines is 1. The van der Waals surface area contributed by atoms with Gasteiger partial charge in [-0.15, -0.1) is 0 Å². The van der Waals surface area contributed by atoms with E-state index in [1.54, 1.807) is 12.3 Å². The van der Waals surface area contributed by atoms with Gasteiger partial charge in [0.15, 0.2) is 0 Å². The largest absolute Gasteiger partial charge is 0.344 e. The van der Waals surface area contributed by atoms with E-state index in [0.717, 1.165) is 23.8 Å². The standard InChI is InChI=1S/C18H18F2N4O2/c19-12-3-4-14(20)11(6-12)7-13(21)9-16(25)23-15-8-10-2-1-5-22-17(10)24-18(15)26/h1-6,13,15H,7-9,21H2,(H,23,25)(H,22,24,26)/t13?,15-/m1/s1. The number of benzene rings is 1. The van der Waals surface area contributed by atoms with Crippen LogP contribution in [0.1, 0.15) is 17.5 Å². The molecule has 0 saturated heterocycles.